The molecule has 2 fully saturated rings. The lowest BCUT2D eigenvalue weighted by Gasteiger charge is -2.41. The Kier molecular flexibility index (Phi) is 5.54. The summed E-state index contributed by atoms with van der Waals surface area (Å²) in [5.41, 5.74) is 6.26. The first-order chi connectivity index (χ1) is 12.5. The molecule has 2 bridgehead atoms. The standard InChI is InChI=1S/C18H23F3N2O3S/c1-27(25,26)9-18(24)23-12-2-3-13(23)5-11(4-12)17(22)7-10-6-15(20)16(21)8-14(10)19/h6,8,11-13,17H,2-5,7,9,22H2,1H3/t11-,12-,13+,17-/m1/s1. The smallest absolute Gasteiger partial charge is 0.238 e. The number of carbonyl (C=O) groups excluding carboxylic acids is 1. The van der Waals surface area contributed by atoms with E-state index in [1.165, 1.54) is 0 Å². The normalized spacial score (nSPS) is 26.3. The molecule has 0 radical (unpaired) electrons. The van der Waals surface area contributed by atoms with Crippen molar-refractivity contribution in [3.63, 3.8) is 0 Å². The number of rotatable bonds is 5. The van der Waals surface area contributed by atoms with Crippen molar-refractivity contribution in [1.29, 1.82) is 0 Å². The highest BCUT2D eigenvalue weighted by Crippen LogP contribution is 2.40. The van der Waals surface area contributed by atoms with Gasteiger partial charge in [0.1, 0.15) is 11.6 Å². The van der Waals surface area contributed by atoms with Gasteiger partial charge in [-0.2, -0.15) is 0 Å². The number of piperidine rings is 1. The zero-order valence-electron chi connectivity index (χ0n) is 15.0. The van der Waals surface area contributed by atoms with Crippen LogP contribution in [-0.4, -0.2) is 49.4 Å². The van der Waals surface area contributed by atoms with E-state index in [-0.39, 0.29) is 35.9 Å². The largest absolute Gasteiger partial charge is 0.336 e. The van der Waals surface area contributed by atoms with Crippen LogP contribution in [0.4, 0.5) is 13.2 Å². The maximum absolute atomic E-state index is 13.9. The summed E-state index contributed by atoms with van der Waals surface area (Å²) in [5.74, 6) is -4.06. The number of nitrogens with two attached hydrogens (primary N) is 1. The van der Waals surface area contributed by atoms with Crippen LogP contribution in [0.5, 0.6) is 0 Å². The Morgan fingerprint density at radius 3 is 2.26 bits per heavy atom. The van der Waals surface area contributed by atoms with Gasteiger partial charge in [-0.15, -0.1) is 0 Å². The van der Waals surface area contributed by atoms with E-state index >= 15 is 0 Å². The van der Waals surface area contributed by atoms with Crippen LogP contribution < -0.4 is 5.73 Å². The number of halogens is 3. The van der Waals surface area contributed by atoms with Crippen LogP contribution in [0.3, 0.4) is 0 Å². The van der Waals surface area contributed by atoms with Gasteiger partial charge < -0.3 is 10.6 Å². The average molecular weight is 404 g/mol. The summed E-state index contributed by atoms with van der Waals surface area (Å²) < 4.78 is 63.2. The molecule has 1 aromatic carbocycles. The molecule has 3 rings (SSSR count). The molecule has 0 unspecified atom stereocenters. The van der Waals surface area contributed by atoms with Gasteiger partial charge in [-0.1, -0.05) is 0 Å². The number of fused-ring (bicyclic) bond motifs is 2. The third-order valence-electron chi connectivity index (χ3n) is 5.59. The van der Waals surface area contributed by atoms with Crippen LogP contribution in [-0.2, 0) is 21.1 Å². The zero-order valence-corrected chi connectivity index (χ0v) is 15.8. The number of sulfone groups is 1. The number of benzene rings is 1. The summed E-state index contributed by atoms with van der Waals surface area (Å²) in [4.78, 5) is 14.0. The molecule has 2 saturated heterocycles. The molecular weight excluding hydrogens is 381 g/mol. The van der Waals surface area contributed by atoms with E-state index in [4.69, 9.17) is 5.73 Å². The van der Waals surface area contributed by atoms with Crippen molar-refractivity contribution in [3.05, 3.63) is 35.1 Å². The van der Waals surface area contributed by atoms with E-state index in [0.29, 0.717) is 18.9 Å². The third-order valence-corrected chi connectivity index (χ3v) is 6.36. The van der Waals surface area contributed by atoms with E-state index in [0.717, 1.165) is 25.2 Å². The van der Waals surface area contributed by atoms with E-state index in [9.17, 15) is 26.4 Å². The third kappa shape index (κ3) is 4.45. The van der Waals surface area contributed by atoms with E-state index in [2.05, 4.69) is 0 Å². The fourth-order valence-corrected chi connectivity index (χ4v) is 5.01. The average Bonchev–Trinajstić information content (AvgIpc) is 2.81. The molecular formula is C18H23F3N2O3S. The summed E-state index contributed by atoms with van der Waals surface area (Å²) in [6.07, 6.45) is 3.86. The molecule has 2 aliphatic heterocycles. The minimum Gasteiger partial charge on any atom is -0.336 e. The quantitative estimate of drug-likeness (QED) is 0.759. The number of hydrogen-bond donors (Lipinski definition) is 1. The SMILES string of the molecule is CS(=O)(=O)CC(=O)N1[C@@H]2CC[C@H]1C[C@H]([C@H](N)Cc1cc(F)c(F)cc1F)C2. The molecule has 0 saturated carbocycles. The first kappa shape index (κ1) is 20.1. The predicted molar refractivity (Wildman–Crippen MR) is 94.1 cm³/mol. The molecule has 0 aromatic heterocycles. The van der Waals surface area contributed by atoms with Crippen molar-refractivity contribution in [1.82, 2.24) is 4.90 Å². The monoisotopic (exact) mass is 404 g/mol. The first-order valence-corrected chi connectivity index (χ1v) is 11.0. The zero-order chi connectivity index (χ0) is 19.9. The highest BCUT2D eigenvalue weighted by Gasteiger charge is 2.44. The van der Waals surface area contributed by atoms with Gasteiger partial charge in [-0.3, -0.25) is 4.79 Å². The molecule has 2 N–H and O–H groups in total. The topological polar surface area (TPSA) is 80.5 Å². The first-order valence-electron chi connectivity index (χ1n) is 8.93. The van der Waals surface area contributed by atoms with Gasteiger partial charge in [0, 0.05) is 30.4 Å². The van der Waals surface area contributed by atoms with Gasteiger partial charge in [0.25, 0.3) is 0 Å². The fourth-order valence-electron chi connectivity index (χ4n) is 4.42. The Bertz CT molecular complexity index is 832. The minimum absolute atomic E-state index is 0.00250. The summed E-state index contributed by atoms with van der Waals surface area (Å²) in [7, 11) is -3.40. The molecule has 27 heavy (non-hydrogen) atoms. The van der Waals surface area contributed by atoms with E-state index < -0.39 is 39.1 Å². The van der Waals surface area contributed by atoms with Crippen molar-refractivity contribution in [3.8, 4) is 0 Å². The Morgan fingerprint density at radius 1 is 1.15 bits per heavy atom. The summed E-state index contributed by atoms with van der Waals surface area (Å²) in [6, 6.07) is 0.740. The molecule has 5 nitrogen and oxygen atoms in total. The highest BCUT2D eigenvalue weighted by atomic mass is 32.2. The fraction of sp³-hybridized carbons (Fsp3) is 0.611. The number of hydrogen-bond acceptors (Lipinski definition) is 4. The molecule has 1 aromatic rings. The second-order valence-electron chi connectivity index (χ2n) is 7.71. The van der Waals surface area contributed by atoms with Crippen LogP contribution in [0.25, 0.3) is 0 Å². The van der Waals surface area contributed by atoms with E-state index in [1.54, 1.807) is 4.90 Å². The lowest BCUT2D eigenvalue weighted by molar-refractivity contribution is -0.133. The summed E-state index contributed by atoms with van der Waals surface area (Å²) >= 11 is 0. The molecule has 150 valence electrons. The van der Waals surface area contributed by atoms with Gasteiger partial charge >= 0.3 is 0 Å². The maximum Gasteiger partial charge on any atom is 0.238 e. The van der Waals surface area contributed by atoms with Crippen molar-refractivity contribution in [2.75, 3.05) is 12.0 Å². The Balaban J connectivity index is 1.67. The molecule has 1 amide bonds. The summed E-state index contributed by atoms with van der Waals surface area (Å²) in [6.45, 7) is 0. The second-order valence-corrected chi connectivity index (χ2v) is 9.85. The summed E-state index contributed by atoms with van der Waals surface area (Å²) in [5, 5.41) is 0. The minimum atomic E-state index is -3.40. The lowest BCUT2D eigenvalue weighted by atomic mass is 9.82. The second kappa shape index (κ2) is 7.43. The number of nitrogens with zero attached hydrogens (tertiary/aromatic N) is 1. The maximum atomic E-state index is 13.9. The Hall–Kier alpha value is -1.61. The molecule has 0 aliphatic carbocycles. The predicted octanol–water partition coefficient (Wildman–Crippen LogP) is 1.79. The molecule has 9 heteroatoms. The van der Waals surface area contributed by atoms with Crippen molar-refractivity contribution in [2.45, 2.75) is 50.2 Å². The van der Waals surface area contributed by atoms with Crippen LogP contribution >= 0.6 is 0 Å². The lowest BCUT2D eigenvalue weighted by Crippen LogP contribution is -2.51. The molecule has 4 atom stereocenters. The Morgan fingerprint density at radius 2 is 1.70 bits per heavy atom. The van der Waals surface area contributed by atoms with Gasteiger partial charge in [-0.25, -0.2) is 21.6 Å². The Labute approximate surface area is 156 Å². The van der Waals surface area contributed by atoms with E-state index in [1.807, 2.05) is 0 Å². The van der Waals surface area contributed by atoms with Gasteiger partial charge in [0.05, 0.1) is 0 Å². The highest BCUT2D eigenvalue weighted by molar-refractivity contribution is 7.91. The van der Waals surface area contributed by atoms with Crippen LogP contribution in [0.15, 0.2) is 12.1 Å². The number of carbonyl (C=O) groups is 1. The van der Waals surface area contributed by atoms with Crippen LogP contribution in [0.2, 0.25) is 0 Å². The number of amides is 1. The van der Waals surface area contributed by atoms with Gasteiger partial charge in [0.2, 0.25) is 5.91 Å². The van der Waals surface area contributed by atoms with Crippen molar-refractivity contribution < 1.29 is 26.4 Å². The van der Waals surface area contributed by atoms with Crippen molar-refractivity contribution >= 4 is 15.7 Å². The van der Waals surface area contributed by atoms with Gasteiger partial charge in [0.15, 0.2) is 21.5 Å². The molecule has 2 aliphatic rings. The molecule has 0 spiro atoms. The van der Waals surface area contributed by atoms with Crippen LogP contribution in [0, 0.1) is 23.4 Å². The molecule has 2 heterocycles. The van der Waals surface area contributed by atoms with Crippen LogP contribution in [0.1, 0.15) is 31.2 Å². The van der Waals surface area contributed by atoms with Gasteiger partial charge in [-0.05, 0) is 49.7 Å². The van der Waals surface area contributed by atoms with Crippen molar-refractivity contribution in [2.24, 2.45) is 11.7 Å².